The van der Waals surface area contributed by atoms with Crippen molar-refractivity contribution in [2.24, 2.45) is 31.8 Å². The van der Waals surface area contributed by atoms with Crippen LogP contribution in [0.25, 0.3) is 0 Å². The topological polar surface area (TPSA) is 209 Å². The third-order valence-corrected chi connectivity index (χ3v) is 10.4. The minimum atomic E-state index is -1.58. The van der Waals surface area contributed by atoms with Crippen LogP contribution in [-0.2, 0) is 28.7 Å². The number of amides is 2. The highest BCUT2D eigenvalue weighted by Crippen LogP contribution is 2.39. The Morgan fingerprint density at radius 2 is 1.39 bits per heavy atom. The average Bonchev–Trinajstić information content (AvgIpc) is 3.81. The first-order valence-corrected chi connectivity index (χ1v) is 18.3. The number of ether oxygens (including phenoxy) is 1. The lowest BCUT2D eigenvalue weighted by Crippen LogP contribution is -2.43. The lowest BCUT2D eigenvalue weighted by atomic mass is 9.85. The van der Waals surface area contributed by atoms with Crippen molar-refractivity contribution in [2.45, 2.75) is 72.3 Å². The van der Waals surface area contributed by atoms with Gasteiger partial charge in [-0.25, -0.2) is 19.8 Å². The highest BCUT2D eigenvalue weighted by molar-refractivity contribution is 6.19. The summed E-state index contributed by atoms with van der Waals surface area (Å²) in [5.41, 5.74) is 11.0. The molecule has 0 aliphatic carbocycles. The normalized spacial score (nSPS) is 20.5. The SMILES string of the molecule is C=CC1=C(C)C2=NC1=CC1=NC(=CC3=NC(=CC4=NC(=C2)C(C=C)=C4C)C(C)C3CCC(=O)OC)C(CCC(=O)NCCC(=O)N[C@@H](CC(=O)O)C(=O)O)=C1C. The highest BCUT2D eigenvalue weighted by atomic mass is 16.5. The second-order valence-corrected chi connectivity index (χ2v) is 13.9. The standard InChI is InChI=1S/C42H46N6O8/c1-8-25-21(3)29-16-30-24(6)28(11-13-41(53)56-7)36(46-30)19-35-27(10-12-38(49)43-15-14-39(50)48-37(42(54)55)20-40(51)52)23(5)32(47-35)18-34-26(9-2)22(4)31(45-34)17-33(25)44-29/h8-9,16-19,24,28,37H,1-2,10-15,20H2,3-7H3,(H,43,49)(H,48,50)(H,51,52)(H,54,55)/t24?,28?,37-/m0/s1. The highest BCUT2D eigenvalue weighted by Gasteiger charge is 2.34. The van der Waals surface area contributed by atoms with Gasteiger partial charge in [-0.3, -0.25) is 24.2 Å². The van der Waals surface area contributed by atoms with Crippen LogP contribution in [0.4, 0.5) is 0 Å². The van der Waals surface area contributed by atoms with E-state index in [0.717, 1.165) is 62.0 Å². The van der Waals surface area contributed by atoms with Gasteiger partial charge in [0.25, 0.3) is 0 Å². The van der Waals surface area contributed by atoms with Crippen LogP contribution in [0.3, 0.4) is 0 Å². The predicted molar refractivity (Wildman–Crippen MR) is 213 cm³/mol. The number of hydrogen-bond donors (Lipinski definition) is 4. The fourth-order valence-corrected chi connectivity index (χ4v) is 7.12. The quantitative estimate of drug-likeness (QED) is 0.162. The summed E-state index contributed by atoms with van der Waals surface area (Å²) in [6, 6.07) is -1.58. The third kappa shape index (κ3) is 8.96. The number of hydrogen-bond acceptors (Lipinski definition) is 10. The fourth-order valence-electron chi connectivity index (χ4n) is 7.12. The summed E-state index contributed by atoms with van der Waals surface area (Å²) in [5.74, 6) is -4.42. The molecule has 4 N–H and O–H groups in total. The number of allylic oxidation sites excluding steroid dienone is 11. The van der Waals surface area contributed by atoms with Gasteiger partial charge in [0.2, 0.25) is 11.8 Å². The van der Waals surface area contributed by atoms with Crippen molar-refractivity contribution >= 4 is 52.6 Å². The molecule has 2 unspecified atom stereocenters. The van der Waals surface area contributed by atoms with Gasteiger partial charge >= 0.3 is 17.9 Å². The number of carboxylic acid groups (broad SMARTS) is 2. The molecule has 3 atom stereocenters. The summed E-state index contributed by atoms with van der Waals surface area (Å²) >= 11 is 0. The van der Waals surface area contributed by atoms with Crippen LogP contribution in [-0.4, -0.2) is 82.5 Å². The van der Waals surface area contributed by atoms with Crippen molar-refractivity contribution in [2.75, 3.05) is 13.7 Å². The van der Waals surface area contributed by atoms with E-state index in [9.17, 15) is 29.1 Å². The monoisotopic (exact) mass is 762 g/mol. The number of esters is 1. The molecular formula is C42H46N6O8. The van der Waals surface area contributed by atoms with Crippen LogP contribution in [0.2, 0.25) is 0 Å². The van der Waals surface area contributed by atoms with Crippen LogP contribution >= 0.6 is 0 Å². The molecule has 0 aromatic rings. The molecule has 292 valence electrons. The molecule has 14 heteroatoms. The van der Waals surface area contributed by atoms with E-state index in [1.54, 1.807) is 12.2 Å². The molecule has 0 saturated heterocycles. The van der Waals surface area contributed by atoms with Crippen LogP contribution in [0.5, 0.6) is 0 Å². The van der Waals surface area contributed by atoms with Crippen molar-refractivity contribution in [1.29, 1.82) is 0 Å². The van der Waals surface area contributed by atoms with Gasteiger partial charge in [0.1, 0.15) is 6.04 Å². The summed E-state index contributed by atoms with van der Waals surface area (Å²) in [6.07, 6.45) is 11.3. The second-order valence-electron chi connectivity index (χ2n) is 13.9. The van der Waals surface area contributed by atoms with Gasteiger partial charge in [0.05, 0.1) is 47.8 Å². The number of carboxylic acids is 2. The maximum atomic E-state index is 13.0. The van der Waals surface area contributed by atoms with E-state index in [4.69, 9.17) is 29.8 Å². The molecule has 5 aliphatic heterocycles. The van der Waals surface area contributed by atoms with Crippen molar-refractivity contribution < 1.29 is 38.9 Å². The number of fused-ring (bicyclic) bond motifs is 4. The van der Waals surface area contributed by atoms with E-state index in [1.165, 1.54) is 7.11 Å². The molecule has 0 saturated carbocycles. The van der Waals surface area contributed by atoms with Crippen molar-refractivity contribution in [3.8, 4) is 0 Å². The molecule has 5 heterocycles. The minimum Gasteiger partial charge on any atom is -0.481 e. The smallest absolute Gasteiger partial charge is 0.326 e. The fraction of sp³-hybridized carbons (Fsp3) is 0.357. The van der Waals surface area contributed by atoms with E-state index < -0.39 is 30.3 Å². The molecule has 0 aromatic heterocycles. The average molecular weight is 763 g/mol. The molecule has 8 bridgehead atoms. The summed E-state index contributed by atoms with van der Waals surface area (Å²) in [4.78, 5) is 80.0. The zero-order chi connectivity index (χ0) is 40.8. The van der Waals surface area contributed by atoms with Gasteiger partial charge in [-0.05, 0) is 80.2 Å². The van der Waals surface area contributed by atoms with Crippen LogP contribution < -0.4 is 10.6 Å². The van der Waals surface area contributed by atoms with Crippen LogP contribution in [0.15, 0.2) is 126 Å². The number of aliphatic imine (C=N–C) groups is 4. The molecule has 56 heavy (non-hydrogen) atoms. The molecule has 0 aromatic carbocycles. The van der Waals surface area contributed by atoms with E-state index in [2.05, 4.69) is 30.7 Å². The largest absolute Gasteiger partial charge is 0.481 e. The van der Waals surface area contributed by atoms with Gasteiger partial charge in [-0.15, -0.1) is 0 Å². The Labute approximate surface area is 325 Å². The van der Waals surface area contributed by atoms with Gasteiger partial charge in [-0.1, -0.05) is 32.2 Å². The first-order chi connectivity index (χ1) is 26.6. The van der Waals surface area contributed by atoms with Gasteiger partial charge in [0, 0.05) is 60.2 Å². The van der Waals surface area contributed by atoms with Crippen molar-refractivity contribution in [3.05, 3.63) is 106 Å². The maximum absolute atomic E-state index is 13.0. The van der Waals surface area contributed by atoms with Crippen molar-refractivity contribution in [1.82, 2.24) is 10.6 Å². The number of nitrogens with one attached hydrogen (secondary N) is 2. The number of rotatable bonds is 15. The molecule has 0 spiro atoms. The Bertz CT molecular complexity index is 2170. The van der Waals surface area contributed by atoms with Crippen LogP contribution in [0, 0.1) is 11.8 Å². The molecular weight excluding hydrogens is 716 g/mol. The Balaban J connectivity index is 1.48. The Hall–Kier alpha value is -6.31. The lowest BCUT2D eigenvalue weighted by Gasteiger charge is -2.17. The number of methoxy groups -OCH3 is 1. The number of nitrogens with zero attached hydrogens (tertiary/aromatic N) is 4. The molecule has 5 aliphatic rings. The van der Waals surface area contributed by atoms with E-state index in [0.29, 0.717) is 29.9 Å². The molecule has 14 nitrogen and oxygen atoms in total. The number of carbonyl (C=O) groups is 5. The van der Waals surface area contributed by atoms with Gasteiger partial charge < -0.3 is 25.6 Å². The first kappa shape index (κ1) is 40.9. The molecule has 2 amide bonds. The van der Waals surface area contributed by atoms with E-state index in [-0.39, 0.29) is 49.5 Å². The third-order valence-electron chi connectivity index (χ3n) is 10.4. The summed E-state index contributed by atoms with van der Waals surface area (Å²) in [6.45, 7) is 16.0. The van der Waals surface area contributed by atoms with Gasteiger partial charge in [-0.2, -0.15) is 0 Å². The van der Waals surface area contributed by atoms with E-state index in [1.807, 2.05) is 45.1 Å². The number of aliphatic carboxylic acids is 2. The first-order valence-electron chi connectivity index (χ1n) is 18.3. The molecule has 5 rings (SSSR count). The molecule has 0 fully saturated rings. The van der Waals surface area contributed by atoms with Gasteiger partial charge in [0.15, 0.2) is 0 Å². The van der Waals surface area contributed by atoms with E-state index >= 15 is 0 Å². The number of carbonyl (C=O) groups excluding carboxylic acids is 3. The Kier molecular flexibility index (Phi) is 12.7. The predicted octanol–water partition coefficient (Wildman–Crippen LogP) is 5.21. The minimum absolute atomic E-state index is 0.0471. The van der Waals surface area contributed by atoms with Crippen molar-refractivity contribution in [3.63, 3.8) is 0 Å². The summed E-state index contributed by atoms with van der Waals surface area (Å²) < 4.78 is 4.96. The summed E-state index contributed by atoms with van der Waals surface area (Å²) in [5, 5.41) is 23.0. The van der Waals surface area contributed by atoms with Crippen LogP contribution in [0.1, 0.15) is 66.2 Å². The zero-order valence-corrected chi connectivity index (χ0v) is 32.2. The maximum Gasteiger partial charge on any atom is 0.326 e. The Morgan fingerprint density at radius 3 is 1.96 bits per heavy atom. The Morgan fingerprint density at radius 1 is 0.804 bits per heavy atom. The molecule has 0 radical (unpaired) electrons. The zero-order valence-electron chi connectivity index (χ0n) is 32.2. The summed E-state index contributed by atoms with van der Waals surface area (Å²) in [7, 11) is 1.36. The second kappa shape index (κ2) is 17.4. The lowest BCUT2D eigenvalue weighted by molar-refractivity contribution is -0.147.